The summed E-state index contributed by atoms with van der Waals surface area (Å²) in [6.45, 7) is 1.69. The maximum atomic E-state index is 9.86. The van der Waals surface area contributed by atoms with Gasteiger partial charge in [-0.1, -0.05) is 42.5 Å². The largest absolute Gasteiger partial charge is 0.388 e. The van der Waals surface area contributed by atoms with Crippen molar-refractivity contribution in [3.8, 4) is 0 Å². The summed E-state index contributed by atoms with van der Waals surface area (Å²) in [4.78, 5) is 0. The third-order valence-electron chi connectivity index (χ3n) is 3.27. The Labute approximate surface area is 123 Å². The van der Waals surface area contributed by atoms with E-state index in [4.69, 9.17) is 4.74 Å². The molecule has 0 saturated carbocycles. The van der Waals surface area contributed by atoms with Crippen LogP contribution in [0.1, 0.15) is 12.5 Å². The van der Waals surface area contributed by atoms with E-state index in [1.165, 1.54) is 11.8 Å². The summed E-state index contributed by atoms with van der Waals surface area (Å²) < 4.78 is 5.50. The molecule has 1 aliphatic rings. The molecule has 5 atom stereocenters. The Morgan fingerprint density at radius 2 is 1.80 bits per heavy atom. The predicted octanol–water partition coefficient (Wildman–Crippen LogP) is 1.26. The summed E-state index contributed by atoms with van der Waals surface area (Å²) in [5.74, 6) is 0.659. The fraction of sp³-hybridized carbons (Fsp3) is 0.467. The molecule has 1 aromatic rings. The van der Waals surface area contributed by atoms with E-state index in [1.807, 2.05) is 42.5 Å². The summed E-state index contributed by atoms with van der Waals surface area (Å²) in [7, 11) is 0. The second kappa shape index (κ2) is 7.24. The van der Waals surface area contributed by atoms with E-state index in [-0.39, 0.29) is 0 Å². The molecule has 0 spiro atoms. The Morgan fingerprint density at radius 1 is 1.10 bits per heavy atom. The highest BCUT2D eigenvalue weighted by molar-refractivity contribution is 7.99. The van der Waals surface area contributed by atoms with Gasteiger partial charge in [0, 0.05) is 5.75 Å². The predicted molar refractivity (Wildman–Crippen MR) is 80.3 cm³/mol. The van der Waals surface area contributed by atoms with Crippen molar-refractivity contribution in [1.82, 2.24) is 0 Å². The van der Waals surface area contributed by atoms with Crippen LogP contribution in [0.5, 0.6) is 0 Å². The first-order valence-electron chi connectivity index (χ1n) is 6.62. The highest BCUT2D eigenvalue weighted by Gasteiger charge is 2.41. The summed E-state index contributed by atoms with van der Waals surface area (Å²) in [5, 5.41) is 29.2. The molecule has 2 rings (SSSR count). The van der Waals surface area contributed by atoms with Gasteiger partial charge in [-0.3, -0.25) is 0 Å². The molecule has 0 aromatic heterocycles. The Morgan fingerprint density at radius 3 is 2.50 bits per heavy atom. The minimum Gasteiger partial charge on any atom is -0.388 e. The molecule has 0 radical (unpaired) electrons. The van der Waals surface area contributed by atoms with Crippen LogP contribution in [0.3, 0.4) is 0 Å². The van der Waals surface area contributed by atoms with Gasteiger partial charge in [0.25, 0.3) is 0 Å². The standard InChI is InChI=1S/C15H20O4S/c1-10-12(16)13(17)14(18)15(19-10)20-9-5-8-11-6-3-2-4-7-11/h2-8,10,12-18H,9H2,1H3/b8-5+/t10-,12-,13+,14+,15+/m1/s1. The zero-order chi connectivity index (χ0) is 14.5. The van der Waals surface area contributed by atoms with Gasteiger partial charge < -0.3 is 20.1 Å². The monoisotopic (exact) mass is 296 g/mol. The first-order valence-corrected chi connectivity index (χ1v) is 7.67. The van der Waals surface area contributed by atoms with Crippen molar-refractivity contribution in [2.45, 2.75) is 36.8 Å². The molecule has 0 aliphatic carbocycles. The van der Waals surface area contributed by atoms with Gasteiger partial charge in [-0.25, -0.2) is 0 Å². The Balaban J connectivity index is 1.83. The van der Waals surface area contributed by atoms with E-state index in [1.54, 1.807) is 6.92 Å². The van der Waals surface area contributed by atoms with Gasteiger partial charge in [0.05, 0.1) is 6.10 Å². The number of thioether (sulfide) groups is 1. The normalized spacial score (nSPS) is 34.5. The molecular formula is C15H20O4S. The second-order valence-corrected chi connectivity index (χ2v) is 5.96. The average molecular weight is 296 g/mol. The lowest BCUT2D eigenvalue weighted by Gasteiger charge is -2.38. The van der Waals surface area contributed by atoms with Crippen LogP contribution in [0.2, 0.25) is 0 Å². The Kier molecular flexibility index (Phi) is 5.63. The summed E-state index contributed by atoms with van der Waals surface area (Å²) >= 11 is 1.40. The van der Waals surface area contributed by atoms with E-state index in [9.17, 15) is 15.3 Å². The highest BCUT2D eigenvalue weighted by Crippen LogP contribution is 2.28. The van der Waals surface area contributed by atoms with Crippen molar-refractivity contribution < 1.29 is 20.1 Å². The van der Waals surface area contributed by atoms with E-state index in [0.717, 1.165) is 5.56 Å². The number of ether oxygens (including phenoxy) is 1. The maximum absolute atomic E-state index is 9.86. The van der Waals surface area contributed by atoms with E-state index in [2.05, 4.69) is 0 Å². The Hall–Kier alpha value is -0.850. The number of hydrogen-bond donors (Lipinski definition) is 3. The number of hydrogen-bond acceptors (Lipinski definition) is 5. The smallest absolute Gasteiger partial charge is 0.132 e. The average Bonchev–Trinajstić information content (AvgIpc) is 2.47. The van der Waals surface area contributed by atoms with Crippen LogP contribution in [-0.4, -0.2) is 50.9 Å². The fourth-order valence-electron chi connectivity index (χ4n) is 2.05. The van der Waals surface area contributed by atoms with Crippen molar-refractivity contribution in [2.75, 3.05) is 5.75 Å². The van der Waals surface area contributed by atoms with Gasteiger partial charge >= 0.3 is 0 Å². The van der Waals surface area contributed by atoms with Gasteiger partial charge in [0.1, 0.15) is 23.7 Å². The number of rotatable bonds is 4. The number of aliphatic hydroxyl groups is 3. The maximum Gasteiger partial charge on any atom is 0.132 e. The summed E-state index contributed by atoms with van der Waals surface area (Å²) in [5.41, 5.74) is 0.589. The Bertz CT molecular complexity index is 437. The second-order valence-electron chi connectivity index (χ2n) is 4.83. The molecule has 1 aromatic carbocycles. The van der Waals surface area contributed by atoms with E-state index in [0.29, 0.717) is 5.75 Å². The van der Waals surface area contributed by atoms with Crippen LogP contribution in [0.4, 0.5) is 0 Å². The van der Waals surface area contributed by atoms with Gasteiger partial charge in [-0.2, -0.15) is 0 Å². The lowest BCUT2D eigenvalue weighted by molar-refractivity contribution is -0.192. The molecule has 20 heavy (non-hydrogen) atoms. The molecule has 5 heteroatoms. The first kappa shape index (κ1) is 15.5. The third-order valence-corrected chi connectivity index (χ3v) is 4.38. The topological polar surface area (TPSA) is 69.9 Å². The number of benzene rings is 1. The van der Waals surface area contributed by atoms with Gasteiger partial charge in [0.15, 0.2) is 0 Å². The third kappa shape index (κ3) is 3.84. The van der Waals surface area contributed by atoms with Crippen LogP contribution in [0.15, 0.2) is 36.4 Å². The molecule has 3 N–H and O–H groups in total. The minimum atomic E-state index is -1.16. The molecule has 1 saturated heterocycles. The molecule has 1 heterocycles. The van der Waals surface area contributed by atoms with Crippen LogP contribution < -0.4 is 0 Å². The van der Waals surface area contributed by atoms with E-state index < -0.39 is 29.9 Å². The van der Waals surface area contributed by atoms with Gasteiger partial charge in [-0.15, -0.1) is 11.8 Å². The molecule has 110 valence electrons. The summed E-state index contributed by atoms with van der Waals surface area (Å²) in [6.07, 6.45) is 0.228. The summed E-state index contributed by atoms with van der Waals surface area (Å²) in [6, 6.07) is 9.93. The highest BCUT2D eigenvalue weighted by atomic mass is 32.2. The number of aliphatic hydroxyl groups excluding tert-OH is 3. The minimum absolute atomic E-state index is 0.482. The van der Waals surface area contributed by atoms with Crippen molar-refractivity contribution >= 4 is 17.8 Å². The molecular weight excluding hydrogens is 276 g/mol. The molecule has 4 nitrogen and oxygen atoms in total. The quantitative estimate of drug-likeness (QED) is 0.780. The van der Waals surface area contributed by atoms with Crippen molar-refractivity contribution in [3.05, 3.63) is 42.0 Å². The van der Waals surface area contributed by atoms with Crippen molar-refractivity contribution in [1.29, 1.82) is 0 Å². The van der Waals surface area contributed by atoms with Gasteiger partial charge in [-0.05, 0) is 12.5 Å². The van der Waals surface area contributed by atoms with Crippen molar-refractivity contribution in [3.63, 3.8) is 0 Å². The molecule has 1 fully saturated rings. The van der Waals surface area contributed by atoms with Gasteiger partial charge in [0.2, 0.25) is 0 Å². The molecule has 0 amide bonds. The zero-order valence-electron chi connectivity index (χ0n) is 11.3. The lowest BCUT2D eigenvalue weighted by Crippen LogP contribution is -2.55. The lowest BCUT2D eigenvalue weighted by atomic mass is 10.0. The first-order chi connectivity index (χ1) is 9.59. The SMILES string of the molecule is C[C@H]1O[C@@H](SC/C=C/c2ccccc2)[C@@H](O)[C@@H](O)[C@@H]1O. The zero-order valence-corrected chi connectivity index (χ0v) is 12.1. The molecule has 0 unspecified atom stereocenters. The van der Waals surface area contributed by atoms with E-state index >= 15 is 0 Å². The molecule has 0 bridgehead atoms. The van der Waals surface area contributed by atoms with Crippen LogP contribution >= 0.6 is 11.8 Å². The van der Waals surface area contributed by atoms with Crippen LogP contribution in [-0.2, 0) is 4.74 Å². The van der Waals surface area contributed by atoms with Crippen molar-refractivity contribution in [2.24, 2.45) is 0 Å². The fourth-order valence-corrected chi connectivity index (χ4v) is 3.06. The van der Waals surface area contributed by atoms with Crippen LogP contribution in [0, 0.1) is 0 Å². The molecule has 1 aliphatic heterocycles. The van der Waals surface area contributed by atoms with Crippen LogP contribution in [0.25, 0.3) is 6.08 Å².